The van der Waals surface area contributed by atoms with Crippen molar-refractivity contribution in [3.63, 3.8) is 0 Å². The van der Waals surface area contributed by atoms with E-state index in [0.717, 1.165) is 32.1 Å². The van der Waals surface area contributed by atoms with Crippen LogP contribution >= 0.6 is 15.9 Å². The highest BCUT2D eigenvalue weighted by molar-refractivity contribution is 9.10. The Labute approximate surface area is 178 Å². The number of nitrogens with one attached hydrogen (secondary N) is 2. The first-order valence-corrected chi connectivity index (χ1v) is 10.1. The summed E-state index contributed by atoms with van der Waals surface area (Å²) in [7, 11) is 1.60. The third-order valence-electron chi connectivity index (χ3n) is 4.73. The molecule has 3 rings (SSSR count). The average molecular weight is 455 g/mol. The summed E-state index contributed by atoms with van der Waals surface area (Å²) in [5.74, 6) is 0.306. The van der Waals surface area contributed by atoms with Gasteiger partial charge in [-0.1, -0.05) is 48.5 Å². The predicted octanol–water partition coefficient (Wildman–Crippen LogP) is 4.15. The minimum atomic E-state index is -0.240. The maximum atomic E-state index is 12.3. The molecule has 0 radical (unpaired) electrons. The fourth-order valence-electron chi connectivity index (χ4n) is 3.19. The first kappa shape index (κ1) is 20.9. The van der Waals surface area contributed by atoms with Gasteiger partial charge in [0.2, 0.25) is 11.8 Å². The molecule has 5 nitrogen and oxygen atoms in total. The zero-order valence-corrected chi connectivity index (χ0v) is 18.0. The third kappa shape index (κ3) is 5.35. The lowest BCUT2D eigenvalue weighted by Crippen LogP contribution is -2.38. The molecule has 0 aliphatic heterocycles. The Morgan fingerprint density at radius 1 is 1.03 bits per heavy atom. The largest absolute Gasteiger partial charge is 0.496 e. The molecule has 2 amide bonds. The van der Waals surface area contributed by atoms with Crippen LogP contribution in [-0.2, 0) is 16.0 Å². The molecule has 0 aromatic heterocycles. The molecule has 3 aromatic rings. The van der Waals surface area contributed by atoms with Crippen LogP contribution in [0.2, 0.25) is 0 Å². The van der Waals surface area contributed by atoms with Gasteiger partial charge < -0.3 is 15.4 Å². The van der Waals surface area contributed by atoms with E-state index in [2.05, 4.69) is 26.6 Å². The van der Waals surface area contributed by atoms with Crippen LogP contribution in [0.25, 0.3) is 10.8 Å². The summed E-state index contributed by atoms with van der Waals surface area (Å²) in [6, 6.07) is 19.3. The van der Waals surface area contributed by atoms with Crippen LogP contribution in [0, 0.1) is 0 Å². The summed E-state index contributed by atoms with van der Waals surface area (Å²) < 4.78 is 6.04. The van der Waals surface area contributed by atoms with Crippen LogP contribution < -0.4 is 15.4 Å². The molecular weight excluding hydrogens is 432 g/mol. The molecule has 0 aliphatic rings. The van der Waals surface area contributed by atoms with E-state index >= 15 is 0 Å². The Hall–Kier alpha value is -2.86. The van der Waals surface area contributed by atoms with Crippen molar-refractivity contribution >= 4 is 38.5 Å². The first-order valence-electron chi connectivity index (χ1n) is 9.34. The van der Waals surface area contributed by atoms with Crippen LogP contribution in [0.5, 0.6) is 5.75 Å². The lowest BCUT2D eigenvalue weighted by Gasteiger charge is -2.16. The minimum Gasteiger partial charge on any atom is -0.496 e. The van der Waals surface area contributed by atoms with E-state index in [4.69, 9.17) is 4.74 Å². The van der Waals surface area contributed by atoms with Crippen LogP contribution in [0.15, 0.2) is 65.1 Å². The molecule has 29 heavy (non-hydrogen) atoms. The van der Waals surface area contributed by atoms with Gasteiger partial charge in [-0.25, -0.2) is 0 Å². The molecule has 3 aromatic carbocycles. The summed E-state index contributed by atoms with van der Waals surface area (Å²) in [5.41, 5.74) is 1.88. The van der Waals surface area contributed by atoms with Crippen molar-refractivity contribution in [2.75, 3.05) is 13.7 Å². The second kappa shape index (κ2) is 9.56. The molecule has 1 unspecified atom stereocenters. The summed E-state index contributed by atoms with van der Waals surface area (Å²) in [6.45, 7) is 1.83. The fourth-order valence-corrected chi connectivity index (χ4v) is 3.75. The molecule has 2 N–H and O–H groups in total. The number of hydrogen-bond acceptors (Lipinski definition) is 3. The molecule has 0 heterocycles. The van der Waals surface area contributed by atoms with Gasteiger partial charge in [0.1, 0.15) is 5.75 Å². The van der Waals surface area contributed by atoms with E-state index in [0.29, 0.717) is 0 Å². The van der Waals surface area contributed by atoms with Gasteiger partial charge in [0.05, 0.1) is 30.6 Å². The Morgan fingerprint density at radius 3 is 2.55 bits per heavy atom. The molecule has 150 valence electrons. The molecule has 0 saturated heterocycles. The molecule has 0 aliphatic carbocycles. The van der Waals surface area contributed by atoms with Gasteiger partial charge in [-0.15, -0.1) is 0 Å². The van der Waals surface area contributed by atoms with Crippen molar-refractivity contribution in [2.45, 2.75) is 19.4 Å². The molecule has 0 saturated carbocycles. The van der Waals surface area contributed by atoms with Crippen molar-refractivity contribution in [3.05, 3.63) is 76.3 Å². The summed E-state index contributed by atoms with van der Waals surface area (Å²) in [5, 5.41) is 7.74. The molecule has 0 bridgehead atoms. The van der Waals surface area contributed by atoms with Gasteiger partial charge in [0.15, 0.2) is 0 Å². The fraction of sp³-hybridized carbons (Fsp3) is 0.217. The van der Waals surface area contributed by atoms with Gasteiger partial charge in [0, 0.05) is 0 Å². The number of ether oxygens (including phenoxy) is 1. The summed E-state index contributed by atoms with van der Waals surface area (Å²) >= 11 is 3.45. The standard InChI is InChI=1S/C23H23BrN2O3/c1-15(17-10-11-21(29-2)20(24)12-17)26-23(28)14-25-22(27)13-18-8-5-7-16-6-3-4-9-19(16)18/h3-12,15H,13-14H2,1-2H3,(H,25,27)(H,26,28). The Balaban J connectivity index is 1.53. The van der Waals surface area contributed by atoms with Crippen LogP contribution in [-0.4, -0.2) is 25.5 Å². The Kier molecular flexibility index (Phi) is 6.88. The van der Waals surface area contributed by atoms with E-state index in [1.165, 1.54) is 0 Å². The van der Waals surface area contributed by atoms with E-state index < -0.39 is 0 Å². The van der Waals surface area contributed by atoms with Crippen LogP contribution in [0.3, 0.4) is 0 Å². The Bertz CT molecular complexity index is 1030. The normalized spacial score (nSPS) is 11.7. The number of methoxy groups -OCH3 is 1. The van der Waals surface area contributed by atoms with Crippen molar-refractivity contribution in [3.8, 4) is 5.75 Å². The highest BCUT2D eigenvalue weighted by Gasteiger charge is 2.13. The molecular formula is C23H23BrN2O3. The minimum absolute atomic E-state index is 0.0642. The SMILES string of the molecule is COc1ccc(C(C)NC(=O)CNC(=O)Cc2cccc3ccccc23)cc1Br. The predicted molar refractivity (Wildman–Crippen MR) is 118 cm³/mol. The number of carbonyl (C=O) groups is 2. The monoisotopic (exact) mass is 454 g/mol. The lowest BCUT2D eigenvalue weighted by molar-refractivity contribution is -0.126. The highest BCUT2D eigenvalue weighted by atomic mass is 79.9. The zero-order chi connectivity index (χ0) is 20.8. The quantitative estimate of drug-likeness (QED) is 0.563. The Morgan fingerprint density at radius 2 is 1.79 bits per heavy atom. The molecule has 1 atom stereocenters. The number of amides is 2. The van der Waals surface area contributed by atoms with Gasteiger partial charge >= 0.3 is 0 Å². The number of halogens is 1. The van der Waals surface area contributed by atoms with Crippen molar-refractivity contribution < 1.29 is 14.3 Å². The van der Waals surface area contributed by atoms with Crippen LogP contribution in [0.1, 0.15) is 24.1 Å². The van der Waals surface area contributed by atoms with Crippen molar-refractivity contribution in [2.24, 2.45) is 0 Å². The van der Waals surface area contributed by atoms with Crippen molar-refractivity contribution in [1.82, 2.24) is 10.6 Å². The number of rotatable bonds is 7. The van der Waals surface area contributed by atoms with Gasteiger partial charge in [-0.2, -0.15) is 0 Å². The van der Waals surface area contributed by atoms with E-state index in [1.807, 2.05) is 67.6 Å². The summed E-state index contributed by atoms with van der Waals surface area (Å²) in [6.07, 6.45) is 0.232. The smallest absolute Gasteiger partial charge is 0.239 e. The highest BCUT2D eigenvalue weighted by Crippen LogP contribution is 2.27. The molecule has 0 fully saturated rings. The third-order valence-corrected chi connectivity index (χ3v) is 5.35. The van der Waals surface area contributed by atoms with E-state index in [1.54, 1.807) is 7.11 Å². The van der Waals surface area contributed by atoms with Gasteiger partial charge in [-0.05, 0) is 56.9 Å². The van der Waals surface area contributed by atoms with Crippen LogP contribution in [0.4, 0.5) is 0 Å². The average Bonchev–Trinajstić information content (AvgIpc) is 2.72. The molecule has 6 heteroatoms. The number of fused-ring (bicyclic) bond motifs is 1. The second-order valence-electron chi connectivity index (χ2n) is 6.77. The topological polar surface area (TPSA) is 67.4 Å². The van der Waals surface area contributed by atoms with Gasteiger partial charge in [0.25, 0.3) is 0 Å². The van der Waals surface area contributed by atoms with E-state index in [-0.39, 0.29) is 30.8 Å². The first-order chi connectivity index (χ1) is 14.0. The summed E-state index contributed by atoms with van der Waals surface area (Å²) in [4.78, 5) is 24.6. The lowest BCUT2D eigenvalue weighted by atomic mass is 10.0. The number of benzene rings is 3. The van der Waals surface area contributed by atoms with Crippen molar-refractivity contribution in [1.29, 1.82) is 0 Å². The maximum Gasteiger partial charge on any atom is 0.239 e. The van der Waals surface area contributed by atoms with E-state index in [9.17, 15) is 9.59 Å². The molecule has 0 spiro atoms. The number of carbonyl (C=O) groups excluding carboxylic acids is 2. The second-order valence-corrected chi connectivity index (χ2v) is 7.63. The maximum absolute atomic E-state index is 12.3. The van der Waals surface area contributed by atoms with Gasteiger partial charge in [-0.3, -0.25) is 9.59 Å². The zero-order valence-electron chi connectivity index (χ0n) is 16.4. The number of hydrogen-bond donors (Lipinski definition) is 2.